The Kier molecular flexibility index (Phi) is 3.67. The Hall–Kier alpha value is -1.81. The predicted molar refractivity (Wildman–Crippen MR) is 72.7 cm³/mol. The molecule has 4 nitrogen and oxygen atoms in total. The van der Waals surface area contributed by atoms with E-state index in [1.54, 1.807) is 7.11 Å². The summed E-state index contributed by atoms with van der Waals surface area (Å²) in [5, 5.41) is 3.17. The second kappa shape index (κ2) is 5.23. The molecule has 0 radical (unpaired) electrons. The van der Waals surface area contributed by atoms with Crippen LogP contribution in [0.15, 0.2) is 24.3 Å². The Labute approximate surface area is 108 Å². The summed E-state index contributed by atoms with van der Waals surface area (Å²) in [5.74, 6) is 1.82. The molecule has 0 saturated carbocycles. The third-order valence-electron chi connectivity index (χ3n) is 3.09. The van der Waals surface area contributed by atoms with Gasteiger partial charge in [-0.2, -0.15) is 0 Å². The lowest BCUT2D eigenvalue weighted by molar-refractivity contribution is 0.415. The fourth-order valence-electron chi connectivity index (χ4n) is 2.10. The van der Waals surface area contributed by atoms with Crippen LogP contribution in [-0.4, -0.2) is 23.7 Å². The molecule has 0 bridgehead atoms. The molecule has 0 amide bonds. The molecule has 2 aromatic rings. The Balaban J connectivity index is 2.47. The van der Waals surface area contributed by atoms with Gasteiger partial charge < -0.3 is 14.6 Å². The minimum Gasteiger partial charge on any atom is -0.497 e. The topological polar surface area (TPSA) is 39.1 Å². The van der Waals surface area contributed by atoms with Crippen molar-refractivity contribution in [2.45, 2.75) is 13.5 Å². The average Bonchev–Trinajstić information content (AvgIpc) is 2.67. The number of nitrogens with one attached hydrogen (secondary N) is 1. The van der Waals surface area contributed by atoms with E-state index in [4.69, 9.17) is 4.74 Å². The molecule has 1 aromatic heterocycles. The van der Waals surface area contributed by atoms with E-state index in [0.717, 1.165) is 29.4 Å². The van der Waals surface area contributed by atoms with Gasteiger partial charge in [0.05, 0.1) is 18.5 Å². The molecule has 0 atom stereocenters. The zero-order valence-corrected chi connectivity index (χ0v) is 11.3. The molecule has 0 aliphatic rings. The van der Waals surface area contributed by atoms with Crippen LogP contribution in [0.25, 0.3) is 11.4 Å². The molecule has 0 aliphatic heterocycles. The predicted octanol–water partition coefficient (Wildman–Crippen LogP) is 2.12. The first-order valence-corrected chi connectivity index (χ1v) is 5.98. The summed E-state index contributed by atoms with van der Waals surface area (Å²) >= 11 is 0. The van der Waals surface area contributed by atoms with Crippen molar-refractivity contribution in [2.75, 3.05) is 14.2 Å². The monoisotopic (exact) mass is 245 g/mol. The second-order valence-corrected chi connectivity index (χ2v) is 4.29. The number of benzene rings is 1. The molecule has 0 spiro atoms. The summed E-state index contributed by atoms with van der Waals surface area (Å²) in [6, 6.07) is 7.97. The van der Waals surface area contributed by atoms with Crippen molar-refractivity contribution in [3.8, 4) is 17.1 Å². The molecule has 1 aromatic carbocycles. The maximum Gasteiger partial charge on any atom is 0.140 e. The van der Waals surface area contributed by atoms with Gasteiger partial charge in [-0.25, -0.2) is 4.98 Å². The van der Waals surface area contributed by atoms with Crippen LogP contribution in [0.1, 0.15) is 11.4 Å². The number of aryl methyl sites for hydroxylation is 1. The molecule has 18 heavy (non-hydrogen) atoms. The molecule has 0 saturated heterocycles. The van der Waals surface area contributed by atoms with E-state index < -0.39 is 0 Å². The largest absolute Gasteiger partial charge is 0.497 e. The Morgan fingerprint density at radius 3 is 2.83 bits per heavy atom. The van der Waals surface area contributed by atoms with Gasteiger partial charge in [-0.3, -0.25) is 0 Å². The number of imidazole rings is 1. The van der Waals surface area contributed by atoms with E-state index >= 15 is 0 Å². The van der Waals surface area contributed by atoms with Gasteiger partial charge in [-0.05, 0) is 26.1 Å². The fourth-order valence-corrected chi connectivity index (χ4v) is 2.10. The van der Waals surface area contributed by atoms with Gasteiger partial charge in [0.2, 0.25) is 0 Å². The lowest BCUT2D eigenvalue weighted by Gasteiger charge is -2.07. The first-order valence-electron chi connectivity index (χ1n) is 5.98. The lowest BCUT2D eigenvalue weighted by Crippen LogP contribution is -2.10. The molecule has 1 heterocycles. The number of methoxy groups -OCH3 is 1. The molecular formula is C14H19N3O. The van der Waals surface area contributed by atoms with Gasteiger partial charge in [-0.1, -0.05) is 12.1 Å². The van der Waals surface area contributed by atoms with Crippen molar-refractivity contribution in [2.24, 2.45) is 7.05 Å². The minimum atomic E-state index is 0.819. The maximum atomic E-state index is 5.25. The Bertz CT molecular complexity index is 546. The van der Waals surface area contributed by atoms with Gasteiger partial charge in [0.15, 0.2) is 0 Å². The van der Waals surface area contributed by atoms with Crippen molar-refractivity contribution >= 4 is 0 Å². The molecule has 0 fully saturated rings. The van der Waals surface area contributed by atoms with Crippen LogP contribution >= 0.6 is 0 Å². The van der Waals surface area contributed by atoms with E-state index in [0.29, 0.717) is 0 Å². The summed E-state index contributed by atoms with van der Waals surface area (Å²) in [7, 11) is 5.66. The lowest BCUT2D eigenvalue weighted by atomic mass is 10.2. The highest BCUT2D eigenvalue weighted by atomic mass is 16.5. The highest BCUT2D eigenvalue weighted by Gasteiger charge is 2.12. The zero-order chi connectivity index (χ0) is 13.1. The summed E-state index contributed by atoms with van der Waals surface area (Å²) < 4.78 is 7.38. The molecule has 0 unspecified atom stereocenters. The summed E-state index contributed by atoms with van der Waals surface area (Å²) in [6.07, 6.45) is 0. The van der Waals surface area contributed by atoms with Crippen molar-refractivity contribution in [3.05, 3.63) is 35.7 Å². The number of ether oxygens (including phenoxy) is 1. The van der Waals surface area contributed by atoms with E-state index in [9.17, 15) is 0 Å². The van der Waals surface area contributed by atoms with Crippen LogP contribution in [0.3, 0.4) is 0 Å². The van der Waals surface area contributed by atoms with Crippen LogP contribution < -0.4 is 10.1 Å². The smallest absolute Gasteiger partial charge is 0.140 e. The van der Waals surface area contributed by atoms with Gasteiger partial charge in [-0.15, -0.1) is 0 Å². The van der Waals surface area contributed by atoms with E-state index in [-0.39, 0.29) is 0 Å². The van der Waals surface area contributed by atoms with E-state index in [2.05, 4.69) is 14.9 Å². The van der Waals surface area contributed by atoms with Gasteiger partial charge >= 0.3 is 0 Å². The number of nitrogens with zero attached hydrogens (tertiary/aromatic N) is 2. The van der Waals surface area contributed by atoms with Gasteiger partial charge in [0.25, 0.3) is 0 Å². The highest BCUT2D eigenvalue weighted by molar-refractivity contribution is 5.59. The van der Waals surface area contributed by atoms with E-state index in [1.807, 2.05) is 45.3 Å². The molecular weight excluding hydrogens is 226 g/mol. The van der Waals surface area contributed by atoms with Crippen LogP contribution in [-0.2, 0) is 13.6 Å². The molecule has 2 rings (SSSR count). The Morgan fingerprint density at radius 2 is 2.17 bits per heavy atom. The molecule has 1 N–H and O–H groups in total. The summed E-state index contributed by atoms with van der Waals surface area (Å²) in [4.78, 5) is 4.64. The van der Waals surface area contributed by atoms with E-state index in [1.165, 1.54) is 5.69 Å². The Morgan fingerprint density at radius 1 is 1.39 bits per heavy atom. The minimum absolute atomic E-state index is 0.819. The maximum absolute atomic E-state index is 5.25. The highest BCUT2D eigenvalue weighted by Crippen LogP contribution is 2.24. The normalized spacial score (nSPS) is 10.7. The third-order valence-corrected chi connectivity index (χ3v) is 3.09. The molecule has 4 heteroatoms. The van der Waals surface area contributed by atoms with Crippen LogP contribution in [0.5, 0.6) is 5.75 Å². The van der Waals surface area contributed by atoms with Crippen LogP contribution in [0, 0.1) is 6.92 Å². The van der Waals surface area contributed by atoms with Crippen LogP contribution in [0.4, 0.5) is 0 Å². The number of hydrogen-bond donors (Lipinski definition) is 1. The SMILES string of the molecule is CNCc1c(C)nc(-c2cccc(OC)c2)n1C. The zero-order valence-electron chi connectivity index (χ0n) is 11.3. The average molecular weight is 245 g/mol. The molecule has 96 valence electrons. The van der Waals surface area contributed by atoms with Crippen molar-refractivity contribution < 1.29 is 4.74 Å². The van der Waals surface area contributed by atoms with Crippen molar-refractivity contribution in [1.29, 1.82) is 0 Å². The van der Waals surface area contributed by atoms with Gasteiger partial charge in [0.1, 0.15) is 11.6 Å². The number of hydrogen-bond acceptors (Lipinski definition) is 3. The molecule has 0 aliphatic carbocycles. The van der Waals surface area contributed by atoms with Crippen LogP contribution in [0.2, 0.25) is 0 Å². The second-order valence-electron chi connectivity index (χ2n) is 4.29. The first-order chi connectivity index (χ1) is 8.67. The third kappa shape index (κ3) is 2.24. The summed E-state index contributed by atoms with van der Waals surface area (Å²) in [5.41, 5.74) is 3.34. The van der Waals surface area contributed by atoms with Gasteiger partial charge in [0, 0.05) is 19.2 Å². The number of aromatic nitrogens is 2. The standard InChI is InChI=1S/C14H19N3O/c1-10-13(9-15-2)17(3)14(16-10)11-6-5-7-12(8-11)18-4/h5-8,15H,9H2,1-4H3. The van der Waals surface area contributed by atoms with Crippen molar-refractivity contribution in [1.82, 2.24) is 14.9 Å². The summed E-state index contributed by atoms with van der Waals surface area (Å²) in [6.45, 7) is 2.86. The number of rotatable bonds is 4. The van der Waals surface area contributed by atoms with Crippen molar-refractivity contribution in [3.63, 3.8) is 0 Å². The quantitative estimate of drug-likeness (QED) is 0.896. The fraction of sp³-hybridized carbons (Fsp3) is 0.357. The first kappa shape index (κ1) is 12.6.